The summed E-state index contributed by atoms with van der Waals surface area (Å²) in [6.45, 7) is 3.97. The minimum atomic E-state index is 0.606. The van der Waals surface area contributed by atoms with Gasteiger partial charge in [0, 0.05) is 39.0 Å². The second-order valence-electron chi connectivity index (χ2n) is 5.55. The van der Waals surface area contributed by atoms with E-state index in [2.05, 4.69) is 69.6 Å². The highest BCUT2D eigenvalue weighted by Gasteiger charge is 2.10. The second-order valence-corrected chi connectivity index (χ2v) is 6.79. The molecule has 0 N–H and O–H groups in total. The normalized spacial score (nSPS) is 11.6. The van der Waals surface area contributed by atoms with Crippen molar-refractivity contribution in [2.24, 2.45) is 0 Å². The average molecular weight is 439 g/mol. The topological polar surface area (TPSA) is 32.6 Å². The highest BCUT2D eigenvalue weighted by molar-refractivity contribution is 14.1. The SMILES string of the molecule is COCCOCCOCCn1c2ccccc2c2cc(I)ccc21. The van der Waals surface area contributed by atoms with Gasteiger partial charge in [0.25, 0.3) is 0 Å². The van der Waals surface area contributed by atoms with E-state index >= 15 is 0 Å². The molecule has 128 valence electrons. The molecule has 0 radical (unpaired) electrons. The monoisotopic (exact) mass is 439 g/mol. The van der Waals surface area contributed by atoms with Gasteiger partial charge in [-0.25, -0.2) is 0 Å². The summed E-state index contributed by atoms with van der Waals surface area (Å²) < 4.78 is 19.7. The van der Waals surface area contributed by atoms with Crippen LogP contribution in [0.25, 0.3) is 21.8 Å². The Bertz CT molecular complexity index is 800. The van der Waals surface area contributed by atoms with Crippen LogP contribution in [-0.4, -0.2) is 44.7 Å². The molecule has 0 aliphatic heterocycles. The number of para-hydroxylation sites is 1. The van der Waals surface area contributed by atoms with Crippen molar-refractivity contribution in [2.75, 3.05) is 40.1 Å². The molecule has 0 saturated heterocycles. The summed E-state index contributed by atoms with van der Waals surface area (Å²) in [5, 5.41) is 2.61. The molecule has 0 bridgehead atoms. The first-order chi connectivity index (χ1) is 11.8. The Labute approximate surface area is 155 Å². The summed E-state index contributed by atoms with van der Waals surface area (Å²) in [6, 6.07) is 15.2. The number of aromatic nitrogens is 1. The molecule has 3 aromatic rings. The minimum absolute atomic E-state index is 0.606. The third-order valence-corrected chi connectivity index (χ3v) is 4.67. The van der Waals surface area contributed by atoms with E-state index < -0.39 is 0 Å². The lowest BCUT2D eigenvalue weighted by Crippen LogP contribution is -2.11. The van der Waals surface area contributed by atoms with Gasteiger partial charge < -0.3 is 18.8 Å². The van der Waals surface area contributed by atoms with Crippen molar-refractivity contribution in [3.63, 3.8) is 0 Å². The number of hydrogen-bond donors (Lipinski definition) is 0. The number of fused-ring (bicyclic) bond motifs is 3. The number of methoxy groups -OCH3 is 1. The second kappa shape index (κ2) is 8.80. The van der Waals surface area contributed by atoms with Gasteiger partial charge in [-0.15, -0.1) is 0 Å². The van der Waals surface area contributed by atoms with Crippen LogP contribution in [0, 0.1) is 3.57 Å². The highest BCUT2D eigenvalue weighted by Crippen LogP contribution is 2.29. The predicted molar refractivity (Wildman–Crippen MR) is 106 cm³/mol. The number of ether oxygens (including phenoxy) is 3. The molecule has 5 heteroatoms. The third kappa shape index (κ3) is 4.08. The number of nitrogens with zero attached hydrogens (tertiary/aromatic N) is 1. The molecule has 0 saturated carbocycles. The van der Waals surface area contributed by atoms with Gasteiger partial charge in [-0.2, -0.15) is 0 Å². The van der Waals surface area contributed by atoms with Crippen molar-refractivity contribution >= 4 is 44.4 Å². The van der Waals surface area contributed by atoms with E-state index in [9.17, 15) is 0 Å². The van der Waals surface area contributed by atoms with Gasteiger partial charge >= 0.3 is 0 Å². The van der Waals surface area contributed by atoms with Gasteiger partial charge in [-0.1, -0.05) is 18.2 Å². The largest absolute Gasteiger partial charge is 0.382 e. The van der Waals surface area contributed by atoms with Crippen LogP contribution in [-0.2, 0) is 20.8 Å². The average Bonchev–Trinajstić information content (AvgIpc) is 2.91. The van der Waals surface area contributed by atoms with Crippen LogP contribution in [0.1, 0.15) is 0 Å². The van der Waals surface area contributed by atoms with Gasteiger partial charge in [0.2, 0.25) is 0 Å². The molecule has 24 heavy (non-hydrogen) atoms. The lowest BCUT2D eigenvalue weighted by Gasteiger charge is -2.09. The summed E-state index contributed by atoms with van der Waals surface area (Å²) in [5.74, 6) is 0. The van der Waals surface area contributed by atoms with Crippen molar-refractivity contribution in [3.05, 3.63) is 46.0 Å². The molecule has 0 fully saturated rings. The number of benzene rings is 2. The Morgan fingerprint density at radius 1 is 0.833 bits per heavy atom. The van der Waals surface area contributed by atoms with Crippen LogP contribution < -0.4 is 0 Å². The third-order valence-electron chi connectivity index (χ3n) is 4.00. The van der Waals surface area contributed by atoms with Gasteiger partial charge in [-0.3, -0.25) is 0 Å². The maximum atomic E-state index is 5.72. The van der Waals surface area contributed by atoms with Crippen LogP contribution in [0.3, 0.4) is 0 Å². The molecule has 2 aromatic carbocycles. The zero-order chi connectivity index (χ0) is 16.8. The van der Waals surface area contributed by atoms with Crippen LogP contribution in [0.5, 0.6) is 0 Å². The van der Waals surface area contributed by atoms with Crippen LogP contribution in [0.4, 0.5) is 0 Å². The smallest absolute Gasteiger partial charge is 0.0701 e. The number of halogens is 1. The van der Waals surface area contributed by atoms with E-state index in [1.807, 2.05) is 0 Å². The van der Waals surface area contributed by atoms with Crippen molar-refractivity contribution in [2.45, 2.75) is 6.54 Å². The molecule has 0 atom stereocenters. The summed E-state index contributed by atoms with van der Waals surface area (Å²) >= 11 is 2.37. The Hall–Kier alpha value is -1.15. The van der Waals surface area contributed by atoms with Crippen molar-refractivity contribution in [3.8, 4) is 0 Å². The first-order valence-electron chi connectivity index (χ1n) is 8.12. The van der Waals surface area contributed by atoms with Crippen LogP contribution in [0.2, 0.25) is 0 Å². The molecule has 0 unspecified atom stereocenters. The Morgan fingerprint density at radius 3 is 2.38 bits per heavy atom. The molecule has 0 spiro atoms. The maximum absolute atomic E-state index is 5.72. The minimum Gasteiger partial charge on any atom is -0.382 e. The summed E-state index contributed by atoms with van der Waals surface area (Å²) in [7, 11) is 1.67. The van der Waals surface area contributed by atoms with Gasteiger partial charge in [0.1, 0.15) is 0 Å². The molecular weight excluding hydrogens is 417 g/mol. The molecule has 4 nitrogen and oxygen atoms in total. The molecule has 3 rings (SSSR count). The zero-order valence-corrected chi connectivity index (χ0v) is 16.0. The van der Waals surface area contributed by atoms with Crippen LogP contribution >= 0.6 is 22.6 Å². The number of rotatable bonds is 9. The number of hydrogen-bond acceptors (Lipinski definition) is 3. The van der Waals surface area contributed by atoms with E-state index in [1.54, 1.807) is 7.11 Å². The van der Waals surface area contributed by atoms with E-state index in [1.165, 1.54) is 25.4 Å². The standard InChI is InChI=1S/C19H22INO3/c1-22-10-11-24-13-12-23-9-8-21-18-5-3-2-4-16(18)17-14-15(20)6-7-19(17)21/h2-7,14H,8-13H2,1H3. The lowest BCUT2D eigenvalue weighted by atomic mass is 10.2. The fraction of sp³-hybridized carbons (Fsp3) is 0.368. The summed E-state index contributed by atoms with van der Waals surface area (Å²) in [5.41, 5.74) is 2.52. The zero-order valence-electron chi connectivity index (χ0n) is 13.8. The van der Waals surface area contributed by atoms with E-state index in [0.717, 1.165) is 6.54 Å². The quantitative estimate of drug-likeness (QED) is 0.372. The van der Waals surface area contributed by atoms with Crippen molar-refractivity contribution in [1.29, 1.82) is 0 Å². The fourth-order valence-corrected chi connectivity index (χ4v) is 3.38. The van der Waals surface area contributed by atoms with E-state index in [0.29, 0.717) is 33.0 Å². The first kappa shape index (κ1) is 17.7. The molecule has 0 aliphatic rings. The van der Waals surface area contributed by atoms with Crippen molar-refractivity contribution < 1.29 is 14.2 Å². The van der Waals surface area contributed by atoms with E-state index in [4.69, 9.17) is 14.2 Å². The predicted octanol–water partition coefficient (Wildman–Crippen LogP) is 4.08. The molecule has 1 aromatic heterocycles. The highest BCUT2D eigenvalue weighted by atomic mass is 127. The Balaban J connectivity index is 1.65. The molecule has 0 aliphatic carbocycles. The fourth-order valence-electron chi connectivity index (χ4n) is 2.89. The van der Waals surface area contributed by atoms with Crippen molar-refractivity contribution in [1.82, 2.24) is 4.57 Å². The Kier molecular flexibility index (Phi) is 6.48. The summed E-state index contributed by atoms with van der Waals surface area (Å²) in [4.78, 5) is 0. The van der Waals surface area contributed by atoms with E-state index in [-0.39, 0.29) is 0 Å². The van der Waals surface area contributed by atoms with Gasteiger partial charge in [0.15, 0.2) is 0 Å². The first-order valence-corrected chi connectivity index (χ1v) is 9.20. The van der Waals surface area contributed by atoms with Gasteiger partial charge in [-0.05, 0) is 46.9 Å². The van der Waals surface area contributed by atoms with Crippen LogP contribution in [0.15, 0.2) is 42.5 Å². The molecule has 0 amide bonds. The maximum Gasteiger partial charge on any atom is 0.0701 e. The van der Waals surface area contributed by atoms with Gasteiger partial charge in [0.05, 0.1) is 33.0 Å². The lowest BCUT2D eigenvalue weighted by molar-refractivity contribution is 0.0234. The summed E-state index contributed by atoms with van der Waals surface area (Å²) in [6.07, 6.45) is 0. The Morgan fingerprint density at radius 2 is 1.54 bits per heavy atom. The molecular formula is C19H22INO3. The molecule has 1 heterocycles.